The van der Waals surface area contributed by atoms with Gasteiger partial charge in [0.2, 0.25) is 0 Å². The first kappa shape index (κ1) is 15.8. The van der Waals surface area contributed by atoms with Crippen molar-refractivity contribution in [3.05, 3.63) is 22.5 Å². The van der Waals surface area contributed by atoms with Crippen LogP contribution in [0.15, 0.2) is 32.7 Å². The average molecular weight is 294 g/mol. The number of halogens is 3. The van der Waals surface area contributed by atoms with E-state index in [9.17, 15) is 13.2 Å². The quantitative estimate of drug-likeness (QED) is 0.446. The maximum atomic E-state index is 12.9. The lowest BCUT2D eigenvalue weighted by Gasteiger charge is -2.17. The van der Waals surface area contributed by atoms with Crippen molar-refractivity contribution in [2.24, 2.45) is 10.1 Å². The van der Waals surface area contributed by atoms with Crippen LogP contribution in [0.3, 0.4) is 0 Å². The molecule has 0 aromatic rings. The minimum atomic E-state index is -2.24. The first-order valence-electron chi connectivity index (χ1n) is 5.83. The minimum Gasteiger partial charge on any atom is -0.399 e. The van der Waals surface area contributed by atoms with E-state index in [1.165, 1.54) is 7.11 Å². The highest BCUT2D eigenvalue weighted by Crippen LogP contribution is 2.43. The maximum absolute atomic E-state index is 12.9. The zero-order valence-electron chi connectivity index (χ0n) is 11.1. The standard InChI is InChI=1S/C12H17F3N2OS/c1-4-10(17-18-3)11-8(2)16-7-19(11)6-5-9(13)12(14)15/h7,19H,4-6H2,1-3H3/b17-10+. The Kier molecular flexibility index (Phi) is 6.14. The first-order valence-corrected chi connectivity index (χ1v) is 7.42. The number of rotatable bonds is 6. The number of hydrogen-bond donors (Lipinski definition) is 1. The Morgan fingerprint density at radius 1 is 1.42 bits per heavy atom. The van der Waals surface area contributed by atoms with E-state index in [-0.39, 0.29) is 6.42 Å². The monoisotopic (exact) mass is 294 g/mol. The van der Waals surface area contributed by atoms with E-state index in [0.717, 1.165) is 16.3 Å². The van der Waals surface area contributed by atoms with Gasteiger partial charge in [-0.15, -0.1) is 0 Å². The van der Waals surface area contributed by atoms with Crippen LogP contribution in [-0.2, 0) is 4.84 Å². The van der Waals surface area contributed by atoms with E-state index in [4.69, 9.17) is 4.84 Å². The van der Waals surface area contributed by atoms with Gasteiger partial charge >= 0.3 is 6.08 Å². The molecule has 1 atom stereocenters. The highest BCUT2D eigenvalue weighted by atomic mass is 32.2. The van der Waals surface area contributed by atoms with Gasteiger partial charge in [0.05, 0.1) is 11.4 Å². The van der Waals surface area contributed by atoms with E-state index >= 15 is 0 Å². The molecule has 0 N–H and O–H groups in total. The average Bonchev–Trinajstić information content (AvgIpc) is 2.74. The van der Waals surface area contributed by atoms with Gasteiger partial charge in [0.1, 0.15) is 7.11 Å². The number of thiol groups is 1. The molecule has 19 heavy (non-hydrogen) atoms. The minimum absolute atomic E-state index is 0.277. The van der Waals surface area contributed by atoms with Crippen molar-refractivity contribution in [3.8, 4) is 0 Å². The Bertz CT molecular complexity index is 454. The van der Waals surface area contributed by atoms with Crippen molar-refractivity contribution in [1.29, 1.82) is 0 Å². The summed E-state index contributed by atoms with van der Waals surface area (Å²) < 4.78 is 36.9. The highest BCUT2D eigenvalue weighted by Gasteiger charge is 2.22. The predicted octanol–water partition coefficient (Wildman–Crippen LogP) is 4.14. The molecule has 0 aromatic heterocycles. The number of oxime groups is 1. The Morgan fingerprint density at radius 2 is 2.11 bits per heavy atom. The Hall–Kier alpha value is -1.24. The van der Waals surface area contributed by atoms with Crippen molar-refractivity contribution < 1.29 is 18.0 Å². The molecule has 1 aliphatic rings. The fourth-order valence-corrected chi connectivity index (χ4v) is 3.93. The first-order chi connectivity index (χ1) is 9.01. The summed E-state index contributed by atoms with van der Waals surface area (Å²) in [4.78, 5) is 9.88. The second kappa shape index (κ2) is 7.37. The molecular formula is C12H17F3N2OS. The third-order valence-corrected chi connectivity index (χ3v) is 4.86. The van der Waals surface area contributed by atoms with Crippen LogP contribution in [-0.4, -0.2) is 24.1 Å². The lowest BCUT2D eigenvalue weighted by molar-refractivity contribution is 0.213. The Morgan fingerprint density at radius 3 is 2.63 bits per heavy atom. The SMILES string of the molecule is CC/C(=N\OC)C1=C(C)N=C[SH]1CCC(F)=C(F)F. The van der Waals surface area contributed by atoms with Gasteiger partial charge in [-0.1, -0.05) is 12.1 Å². The van der Waals surface area contributed by atoms with Crippen molar-refractivity contribution in [3.63, 3.8) is 0 Å². The van der Waals surface area contributed by atoms with Crippen molar-refractivity contribution in [2.75, 3.05) is 12.9 Å². The fraction of sp³-hybridized carbons (Fsp3) is 0.500. The summed E-state index contributed by atoms with van der Waals surface area (Å²) in [6, 6.07) is 0. The van der Waals surface area contributed by atoms with Gasteiger partial charge in [-0.2, -0.15) is 19.7 Å². The van der Waals surface area contributed by atoms with E-state index in [0.29, 0.717) is 12.2 Å². The zero-order chi connectivity index (χ0) is 14.4. The number of hydrogen-bond acceptors (Lipinski definition) is 3. The summed E-state index contributed by atoms with van der Waals surface area (Å²) in [5.41, 5.74) is 3.26. The summed E-state index contributed by atoms with van der Waals surface area (Å²) in [5.74, 6) is -1.04. The van der Waals surface area contributed by atoms with Crippen LogP contribution >= 0.6 is 10.9 Å². The summed E-state index contributed by atoms with van der Waals surface area (Å²) in [7, 11) is 0.557. The Labute approximate surface area is 113 Å². The maximum Gasteiger partial charge on any atom is 0.301 e. The molecule has 0 saturated heterocycles. The summed E-state index contributed by atoms with van der Waals surface area (Å²) >= 11 is 0. The molecule has 1 heterocycles. The molecule has 0 aromatic carbocycles. The summed E-state index contributed by atoms with van der Waals surface area (Å²) in [6.45, 7) is 3.75. The molecule has 0 saturated carbocycles. The van der Waals surface area contributed by atoms with Crippen LogP contribution in [0, 0.1) is 0 Å². The number of aliphatic imine (C=N–C) groups is 1. The van der Waals surface area contributed by atoms with Crippen molar-refractivity contribution in [1.82, 2.24) is 0 Å². The number of nitrogens with zero attached hydrogens (tertiary/aromatic N) is 2. The topological polar surface area (TPSA) is 34.0 Å². The second-order valence-corrected chi connectivity index (χ2v) is 5.93. The molecule has 0 radical (unpaired) electrons. The third kappa shape index (κ3) is 4.12. The largest absolute Gasteiger partial charge is 0.399 e. The lowest BCUT2D eigenvalue weighted by Crippen LogP contribution is -2.05. The van der Waals surface area contributed by atoms with Gasteiger partial charge in [0.25, 0.3) is 0 Å². The molecule has 0 bridgehead atoms. The van der Waals surface area contributed by atoms with Crippen LogP contribution in [0.5, 0.6) is 0 Å². The molecule has 3 nitrogen and oxygen atoms in total. The van der Waals surface area contributed by atoms with Gasteiger partial charge in [0.15, 0.2) is 5.83 Å². The molecule has 1 aliphatic heterocycles. The summed E-state index contributed by atoms with van der Waals surface area (Å²) in [5, 5.41) is 3.93. The highest BCUT2D eigenvalue weighted by molar-refractivity contribution is 8.32. The van der Waals surface area contributed by atoms with Crippen molar-refractivity contribution >= 4 is 22.2 Å². The molecule has 7 heteroatoms. The van der Waals surface area contributed by atoms with Crippen LogP contribution in [0.1, 0.15) is 26.7 Å². The fourth-order valence-electron chi connectivity index (χ4n) is 1.73. The molecule has 108 valence electrons. The van der Waals surface area contributed by atoms with Crippen LogP contribution < -0.4 is 0 Å². The second-order valence-electron chi connectivity index (χ2n) is 3.86. The Balaban J connectivity index is 2.83. The molecule has 0 aliphatic carbocycles. The van der Waals surface area contributed by atoms with Crippen molar-refractivity contribution in [2.45, 2.75) is 26.7 Å². The van der Waals surface area contributed by atoms with E-state index < -0.39 is 22.8 Å². The molecule has 0 amide bonds. The lowest BCUT2D eigenvalue weighted by atomic mass is 10.2. The molecule has 1 unspecified atom stereocenters. The normalized spacial score (nSPS) is 20.9. The predicted molar refractivity (Wildman–Crippen MR) is 74.7 cm³/mol. The molecule has 0 spiro atoms. The molecule has 1 rings (SSSR count). The van der Waals surface area contributed by atoms with E-state index in [1.54, 1.807) is 5.55 Å². The van der Waals surface area contributed by atoms with Crippen LogP contribution in [0.4, 0.5) is 13.2 Å². The zero-order valence-corrected chi connectivity index (χ0v) is 12.0. The third-order valence-electron chi connectivity index (χ3n) is 2.61. The van der Waals surface area contributed by atoms with Crippen LogP contribution in [0.2, 0.25) is 0 Å². The van der Waals surface area contributed by atoms with E-state index in [1.807, 2.05) is 13.8 Å². The van der Waals surface area contributed by atoms with E-state index in [2.05, 4.69) is 10.1 Å². The van der Waals surface area contributed by atoms with Crippen LogP contribution in [0.25, 0.3) is 0 Å². The van der Waals surface area contributed by atoms with Gasteiger partial charge in [-0.05, 0) is 19.1 Å². The van der Waals surface area contributed by atoms with Gasteiger partial charge in [0, 0.05) is 16.9 Å². The van der Waals surface area contributed by atoms with Gasteiger partial charge < -0.3 is 4.84 Å². The number of allylic oxidation sites excluding steroid dienone is 3. The molecule has 0 fully saturated rings. The smallest absolute Gasteiger partial charge is 0.301 e. The van der Waals surface area contributed by atoms with Gasteiger partial charge in [-0.25, -0.2) is 4.39 Å². The molecular weight excluding hydrogens is 277 g/mol. The van der Waals surface area contributed by atoms with Gasteiger partial charge in [-0.3, -0.25) is 4.99 Å². The summed E-state index contributed by atoms with van der Waals surface area (Å²) in [6.07, 6.45) is -1.87.